The van der Waals surface area contributed by atoms with E-state index in [1.54, 1.807) is 0 Å². The second-order valence-electron chi connectivity index (χ2n) is 5.67. The molecule has 16 heavy (non-hydrogen) atoms. The number of aliphatic hydroxyl groups excluding tert-OH is 1. The highest BCUT2D eigenvalue weighted by atomic mass is 16.3. The number of nitrogens with one attached hydrogen (secondary N) is 2. The molecule has 2 fully saturated rings. The van der Waals surface area contributed by atoms with Gasteiger partial charge in [-0.25, -0.2) is 0 Å². The molecular weight excluding hydrogens is 204 g/mol. The normalized spacial score (nSPS) is 31.9. The van der Waals surface area contributed by atoms with E-state index in [2.05, 4.69) is 10.6 Å². The maximum Gasteiger partial charge on any atom is 0.221 e. The minimum atomic E-state index is -0.276. The third-order valence-corrected chi connectivity index (χ3v) is 3.91. The minimum Gasteiger partial charge on any atom is -0.392 e. The fourth-order valence-corrected chi connectivity index (χ4v) is 2.09. The number of amides is 1. The van der Waals surface area contributed by atoms with Crippen LogP contribution < -0.4 is 10.6 Å². The van der Waals surface area contributed by atoms with Crippen LogP contribution in [-0.4, -0.2) is 35.7 Å². The molecule has 2 aliphatic rings. The fourth-order valence-electron chi connectivity index (χ4n) is 2.09. The summed E-state index contributed by atoms with van der Waals surface area (Å²) >= 11 is 0. The molecule has 1 amide bonds. The highest BCUT2D eigenvalue weighted by molar-refractivity contribution is 5.76. The Bertz CT molecular complexity index is 274. The predicted molar refractivity (Wildman–Crippen MR) is 62.0 cm³/mol. The first kappa shape index (κ1) is 11.9. The molecule has 4 heteroatoms. The van der Waals surface area contributed by atoms with Gasteiger partial charge in [-0.1, -0.05) is 13.8 Å². The number of rotatable bonds is 5. The van der Waals surface area contributed by atoms with Crippen LogP contribution in [0, 0.1) is 5.41 Å². The smallest absolute Gasteiger partial charge is 0.221 e. The van der Waals surface area contributed by atoms with Gasteiger partial charge in [0.1, 0.15) is 0 Å². The van der Waals surface area contributed by atoms with E-state index in [1.807, 2.05) is 13.8 Å². The van der Waals surface area contributed by atoms with Gasteiger partial charge in [0.25, 0.3) is 0 Å². The molecule has 0 heterocycles. The second-order valence-corrected chi connectivity index (χ2v) is 5.67. The van der Waals surface area contributed by atoms with Gasteiger partial charge >= 0.3 is 0 Å². The van der Waals surface area contributed by atoms with Gasteiger partial charge in [-0.15, -0.1) is 0 Å². The zero-order valence-corrected chi connectivity index (χ0v) is 10.1. The first-order chi connectivity index (χ1) is 7.50. The lowest BCUT2D eigenvalue weighted by Gasteiger charge is -2.49. The Balaban J connectivity index is 1.63. The van der Waals surface area contributed by atoms with Gasteiger partial charge < -0.3 is 15.7 Å². The van der Waals surface area contributed by atoms with Gasteiger partial charge in [0, 0.05) is 30.5 Å². The van der Waals surface area contributed by atoms with E-state index >= 15 is 0 Å². The Morgan fingerprint density at radius 1 is 1.44 bits per heavy atom. The van der Waals surface area contributed by atoms with Crippen molar-refractivity contribution in [2.45, 2.75) is 57.7 Å². The number of aliphatic hydroxyl groups is 1. The molecule has 92 valence electrons. The van der Waals surface area contributed by atoms with Crippen molar-refractivity contribution in [3.63, 3.8) is 0 Å². The monoisotopic (exact) mass is 226 g/mol. The number of hydrogen-bond acceptors (Lipinski definition) is 3. The van der Waals surface area contributed by atoms with Crippen LogP contribution in [0.4, 0.5) is 0 Å². The van der Waals surface area contributed by atoms with Crippen LogP contribution in [0.25, 0.3) is 0 Å². The average molecular weight is 226 g/mol. The number of carbonyl (C=O) groups is 1. The molecule has 2 aliphatic carbocycles. The Hall–Kier alpha value is -0.610. The van der Waals surface area contributed by atoms with E-state index < -0.39 is 0 Å². The number of hydrogen-bond donors (Lipinski definition) is 3. The van der Waals surface area contributed by atoms with Gasteiger partial charge in [-0.05, 0) is 19.3 Å². The zero-order chi connectivity index (χ0) is 11.8. The largest absolute Gasteiger partial charge is 0.392 e. The first-order valence-corrected chi connectivity index (χ1v) is 6.21. The Labute approximate surface area is 96.8 Å². The average Bonchev–Trinajstić information content (AvgIpc) is 3.01. The van der Waals surface area contributed by atoms with Crippen molar-refractivity contribution in [2.75, 3.05) is 6.54 Å². The summed E-state index contributed by atoms with van der Waals surface area (Å²) in [6.07, 6.45) is 3.46. The van der Waals surface area contributed by atoms with Crippen LogP contribution in [0.2, 0.25) is 0 Å². The van der Waals surface area contributed by atoms with Crippen molar-refractivity contribution in [1.82, 2.24) is 10.6 Å². The SMILES string of the molecule is CC1(C)C(O)CC1NC(=O)CCNC1CC1. The summed E-state index contributed by atoms with van der Waals surface area (Å²) in [5.41, 5.74) is -0.167. The van der Waals surface area contributed by atoms with Crippen molar-refractivity contribution in [3.8, 4) is 0 Å². The van der Waals surface area contributed by atoms with Crippen LogP contribution in [0.5, 0.6) is 0 Å². The summed E-state index contributed by atoms with van der Waals surface area (Å²) in [6, 6.07) is 0.797. The van der Waals surface area contributed by atoms with Crippen molar-refractivity contribution in [3.05, 3.63) is 0 Å². The van der Waals surface area contributed by atoms with Crippen molar-refractivity contribution in [1.29, 1.82) is 0 Å². The Kier molecular flexibility index (Phi) is 3.22. The van der Waals surface area contributed by atoms with Gasteiger partial charge in [0.2, 0.25) is 5.91 Å². The van der Waals surface area contributed by atoms with Crippen LogP contribution >= 0.6 is 0 Å². The molecule has 2 saturated carbocycles. The quantitative estimate of drug-likeness (QED) is 0.636. The molecular formula is C12H22N2O2. The van der Waals surface area contributed by atoms with Gasteiger partial charge in [0.15, 0.2) is 0 Å². The van der Waals surface area contributed by atoms with E-state index in [9.17, 15) is 9.90 Å². The molecule has 2 atom stereocenters. The highest BCUT2D eigenvalue weighted by Gasteiger charge is 2.47. The topological polar surface area (TPSA) is 61.4 Å². The molecule has 0 bridgehead atoms. The standard InChI is InChI=1S/C12H22N2O2/c1-12(2)9(7-10(12)15)14-11(16)5-6-13-8-3-4-8/h8-10,13,15H,3-7H2,1-2H3,(H,14,16). The zero-order valence-electron chi connectivity index (χ0n) is 10.1. The fraction of sp³-hybridized carbons (Fsp3) is 0.917. The maximum atomic E-state index is 11.6. The van der Waals surface area contributed by atoms with E-state index in [-0.39, 0.29) is 23.5 Å². The van der Waals surface area contributed by atoms with Gasteiger partial charge in [0.05, 0.1) is 6.10 Å². The summed E-state index contributed by atoms with van der Waals surface area (Å²) < 4.78 is 0. The lowest BCUT2D eigenvalue weighted by molar-refractivity contribution is -0.129. The van der Waals surface area contributed by atoms with E-state index in [1.165, 1.54) is 12.8 Å². The Morgan fingerprint density at radius 3 is 2.62 bits per heavy atom. The predicted octanol–water partition coefficient (Wildman–Crippen LogP) is 0.404. The van der Waals surface area contributed by atoms with E-state index in [0.717, 1.165) is 6.54 Å². The summed E-state index contributed by atoms with van der Waals surface area (Å²) in [7, 11) is 0. The molecule has 0 radical (unpaired) electrons. The van der Waals surface area contributed by atoms with Crippen molar-refractivity contribution in [2.24, 2.45) is 5.41 Å². The van der Waals surface area contributed by atoms with Crippen LogP contribution in [0.3, 0.4) is 0 Å². The second kappa shape index (κ2) is 4.34. The van der Waals surface area contributed by atoms with E-state index in [4.69, 9.17) is 0 Å². The van der Waals surface area contributed by atoms with Gasteiger partial charge in [-0.3, -0.25) is 4.79 Å². The summed E-state index contributed by atoms with van der Waals surface area (Å²) in [6.45, 7) is 4.76. The maximum absolute atomic E-state index is 11.6. The summed E-state index contributed by atoms with van der Waals surface area (Å²) in [5.74, 6) is 0.0955. The molecule has 0 aromatic heterocycles. The number of carbonyl (C=O) groups excluding carboxylic acids is 1. The molecule has 0 aromatic rings. The summed E-state index contributed by atoms with van der Waals surface area (Å²) in [4.78, 5) is 11.6. The lowest BCUT2D eigenvalue weighted by Crippen LogP contribution is -2.61. The molecule has 2 unspecified atom stereocenters. The lowest BCUT2D eigenvalue weighted by atomic mass is 9.64. The highest BCUT2D eigenvalue weighted by Crippen LogP contribution is 2.40. The molecule has 2 rings (SSSR count). The minimum absolute atomic E-state index is 0.0955. The summed E-state index contributed by atoms with van der Waals surface area (Å²) in [5, 5.41) is 15.9. The van der Waals surface area contributed by atoms with Crippen molar-refractivity contribution >= 4 is 5.91 Å². The third-order valence-electron chi connectivity index (χ3n) is 3.91. The molecule has 4 nitrogen and oxygen atoms in total. The first-order valence-electron chi connectivity index (χ1n) is 6.21. The van der Waals surface area contributed by atoms with Crippen LogP contribution in [0.15, 0.2) is 0 Å². The third kappa shape index (κ3) is 2.55. The van der Waals surface area contributed by atoms with Crippen LogP contribution in [0.1, 0.15) is 39.5 Å². The van der Waals surface area contributed by atoms with E-state index in [0.29, 0.717) is 18.9 Å². The molecule has 0 aliphatic heterocycles. The molecule has 3 N–H and O–H groups in total. The van der Waals surface area contributed by atoms with Crippen LogP contribution in [-0.2, 0) is 4.79 Å². The molecule has 0 saturated heterocycles. The molecule has 0 spiro atoms. The van der Waals surface area contributed by atoms with Gasteiger partial charge in [-0.2, -0.15) is 0 Å². The Morgan fingerprint density at radius 2 is 2.12 bits per heavy atom. The van der Waals surface area contributed by atoms with Crippen molar-refractivity contribution < 1.29 is 9.90 Å². The molecule has 0 aromatic carbocycles.